The molecule has 23 heavy (non-hydrogen) atoms. The molecule has 2 unspecified atom stereocenters. The van der Waals surface area contributed by atoms with Gasteiger partial charge in [0, 0.05) is 42.2 Å². The number of carbonyl (C=O) groups is 1. The Morgan fingerprint density at radius 2 is 2.35 bits per heavy atom. The molecule has 2 fully saturated rings. The molecule has 3 rings (SSSR count). The molecule has 2 aliphatic rings. The molecule has 0 radical (unpaired) electrons. The predicted octanol–water partition coefficient (Wildman–Crippen LogP) is 2.39. The zero-order valence-electron chi connectivity index (χ0n) is 13.1. The number of likely N-dealkylation sites (tertiary alicyclic amines) is 1. The van der Waals surface area contributed by atoms with Gasteiger partial charge in [-0.05, 0) is 31.4 Å². The van der Waals surface area contributed by atoms with E-state index in [-0.39, 0.29) is 23.8 Å². The lowest BCUT2D eigenvalue weighted by molar-refractivity contribution is -0.133. The van der Waals surface area contributed by atoms with Gasteiger partial charge in [-0.25, -0.2) is 4.39 Å². The highest BCUT2D eigenvalue weighted by atomic mass is 35.5. The molecule has 6 heteroatoms. The van der Waals surface area contributed by atoms with Crippen LogP contribution in [0, 0.1) is 5.82 Å². The van der Waals surface area contributed by atoms with Crippen LogP contribution in [0.25, 0.3) is 0 Å². The van der Waals surface area contributed by atoms with Crippen molar-refractivity contribution < 1.29 is 13.9 Å². The van der Waals surface area contributed by atoms with Crippen molar-refractivity contribution in [2.45, 2.75) is 37.8 Å². The smallest absolute Gasteiger partial charge is 0.224 e. The highest BCUT2D eigenvalue weighted by Gasteiger charge is 2.31. The van der Waals surface area contributed by atoms with Crippen molar-refractivity contribution >= 4 is 17.5 Å². The van der Waals surface area contributed by atoms with E-state index in [4.69, 9.17) is 16.3 Å². The van der Waals surface area contributed by atoms with Gasteiger partial charge in [0.25, 0.3) is 0 Å². The van der Waals surface area contributed by atoms with E-state index in [0.29, 0.717) is 36.6 Å². The van der Waals surface area contributed by atoms with Crippen LogP contribution in [0.1, 0.15) is 24.8 Å². The van der Waals surface area contributed by atoms with Gasteiger partial charge in [-0.1, -0.05) is 17.7 Å². The molecule has 0 aromatic heterocycles. The van der Waals surface area contributed by atoms with Crippen LogP contribution in [-0.2, 0) is 16.0 Å². The molecule has 4 nitrogen and oxygen atoms in total. The third-order valence-electron chi connectivity index (χ3n) is 4.62. The fraction of sp³-hybridized carbons (Fsp3) is 0.588. The average molecular weight is 341 g/mol. The number of nitrogens with zero attached hydrogens (tertiary/aromatic N) is 1. The Bertz CT molecular complexity index is 543. The van der Waals surface area contributed by atoms with E-state index in [1.165, 1.54) is 6.07 Å². The zero-order valence-corrected chi connectivity index (χ0v) is 13.8. The van der Waals surface area contributed by atoms with Crippen molar-refractivity contribution in [3.63, 3.8) is 0 Å². The number of morpholine rings is 1. The van der Waals surface area contributed by atoms with Crippen molar-refractivity contribution in [3.8, 4) is 0 Å². The predicted molar refractivity (Wildman–Crippen MR) is 87.1 cm³/mol. The molecule has 1 amide bonds. The van der Waals surface area contributed by atoms with Crippen LogP contribution in [0.15, 0.2) is 18.2 Å². The minimum Gasteiger partial charge on any atom is -0.378 e. The first-order valence-corrected chi connectivity index (χ1v) is 8.56. The number of amides is 1. The van der Waals surface area contributed by atoms with E-state index >= 15 is 0 Å². The summed E-state index contributed by atoms with van der Waals surface area (Å²) in [5.74, 6) is -0.179. The molecule has 126 valence electrons. The molecule has 2 heterocycles. The first kappa shape index (κ1) is 16.7. The van der Waals surface area contributed by atoms with Crippen molar-refractivity contribution in [2.24, 2.45) is 0 Å². The molecule has 0 aliphatic carbocycles. The summed E-state index contributed by atoms with van der Waals surface area (Å²) in [6.07, 6.45) is 2.76. The highest BCUT2D eigenvalue weighted by Crippen LogP contribution is 2.27. The van der Waals surface area contributed by atoms with E-state index in [1.54, 1.807) is 12.1 Å². The van der Waals surface area contributed by atoms with Crippen molar-refractivity contribution in [2.75, 3.05) is 26.3 Å². The Hall–Kier alpha value is -1.17. The second-order valence-electron chi connectivity index (χ2n) is 6.22. The molecular weight excluding hydrogens is 319 g/mol. The minimum absolute atomic E-state index is 0.0291. The molecule has 0 bridgehead atoms. The fourth-order valence-corrected chi connectivity index (χ4v) is 3.66. The summed E-state index contributed by atoms with van der Waals surface area (Å²) in [5, 5.41) is 3.74. The number of halogens is 2. The van der Waals surface area contributed by atoms with E-state index in [0.717, 1.165) is 25.9 Å². The lowest BCUT2D eigenvalue weighted by Crippen LogP contribution is -2.46. The first-order valence-electron chi connectivity index (χ1n) is 8.18. The van der Waals surface area contributed by atoms with Crippen LogP contribution in [0.2, 0.25) is 5.02 Å². The summed E-state index contributed by atoms with van der Waals surface area (Å²) < 4.78 is 19.4. The van der Waals surface area contributed by atoms with Crippen molar-refractivity contribution in [1.82, 2.24) is 10.2 Å². The van der Waals surface area contributed by atoms with Crippen LogP contribution in [0.3, 0.4) is 0 Å². The maximum absolute atomic E-state index is 14.0. The zero-order chi connectivity index (χ0) is 16.2. The maximum Gasteiger partial charge on any atom is 0.224 e. The second-order valence-corrected chi connectivity index (χ2v) is 6.62. The number of ether oxygens (including phenoxy) is 1. The van der Waals surface area contributed by atoms with E-state index in [2.05, 4.69) is 5.32 Å². The lowest BCUT2D eigenvalue weighted by atomic mass is 10.0. The lowest BCUT2D eigenvalue weighted by Gasteiger charge is -2.29. The van der Waals surface area contributed by atoms with Gasteiger partial charge in [0.15, 0.2) is 0 Å². The topological polar surface area (TPSA) is 41.6 Å². The SMILES string of the molecule is O=C(CC1COCCN1)N1CCCC1Cc1c(F)cccc1Cl. The number of hydrogen-bond acceptors (Lipinski definition) is 3. The summed E-state index contributed by atoms with van der Waals surface area (Å²) in [7, 11) is 0. The van der Waals surface area contributed by atoms with Gasteiger partial charge in [0.1, 0.15) is 5.82 Å². The van der Waals surface area contributed by atoms with Gasteiger partial charge < -0.3 is 15.0 Å². The van der Waals surface area contributed by atoms with Crippen molar-refractivity contribution in [1.29, 1.82) is 0 Å². The molecule has 2 saturated heterocycles. The third-order valence-corrected chi connectivity index (χ3v) is 4.97. The monoisotopic (exact) mass is 340 g/mol. The summed E-state index contributed by atoms with van der Waals surface area (Å²) in [6, 6.07) is 4.83. The quantitative estimate of drug-likeness (QED) is 0.915. The molecule has 0 spiro atoms. The molecule has 1 aromatic carbocycles. The molecular formula is C17H22ClFN2O2. The normalized spacial score (nSPS) is 24.9. The number of carbonyl (C=O) groups excluding carboxylic acids is 1. The number of benzene rings is 1. The van der Waals surface area contributed by atoms with Crippen molar-refractivity contribution in [3.05, 3.63) is 34.6 Å². The Balaban J connectivity index is 1.64. The number of nitrogens with one attached hydrogen (secondary N) is 1. The van der Waals surface area contributed by atoms with Gasteiger partial charge in [-0.3, -0.25) is 4.79 Å². The van der Waals surface area contributed by atoms with Crippen LogP contribution < -0.4 is 5.32 Å². The van der Waals surface area contributed by atoms with Crippen LogP contribution >= 0.6 is 11.6 Å². The van der Waals surface area contributed by atoms with E-state index < -0.39 is 0 Å². The molecule has 1 N–H and O–H groups in total. The van der Waals surface area contributed by atoms with Gasteiger partial charge in [0.05, 0.1) is 13.2 Å². The largest absolute Gasteiger partial charge is 0.378 e. The van der Waals surface area contributed by atoms with Gasteiger partial charge in [0.2, 0.25) is 5.91 Å². The number of rotatable bonds is 4. The second kappa shape index (κ2) is 7.60. The van der Waals surface area contributed by atoms with Gasteiger partial charge >= 0.3 is 0 Å². The standard InChI is InChI=1S/C17H22ClFN2O2/c18-15-4-1-5-16(19)14(15)10-13-3-2-7-21(13)17(22)9-12-11-23-8-6-20-12/h1,4-5,12-13,20H,2-3,6-11H2. The summed E-state index contributed by atoms with van der Waals surface area (Å²) in [6.45, 7) is 2.79. The summed E-state index contributed by atoms with van der Waals surface area (Å²) in [5.41, 5.74) is 0.512. The van der Waals surface area contributed by atoms with E-state index in [1.807, 2.05) is 4.90 Å². The van der Waals surface area contributed by atoms with Gasteiger partial charge in [-0.2, -0.15) is 0 Å². The molecule has 1 aromatic rings. The Labute approximate surface area is 140 Å². The Morgan fingerprint density at radius 1 is 1.48 bits per heavy atom. The summed E-state index contributed by atoms with van der Waals surface area (Å²) >= 11 is 6.12. The molecule has 0 saturated carbocycles. The number of hydrogen-bond donors (Lipinski definition) is 1. The van der Waals surface area contributed by atoms with Crippen LogP contribution in [0.5, 0.6) is 0 Å². The average Bonchev–Trinajstić information content (AvgIpc) is 3.00. The maximum atomic E-state index is 14.0. The van der Waals surface area contributed by atoms with E-state index in [9.17, 15) is 9.18 Å². The van der Waals surface area contributed by atoms with Crippen LogP contribution in [-0.4, -0.2) is 49.2 Å². The minimum atomic E-state index is -0.292. The Morgan fingerprint density at radius 3 is 3.09 bits per heavy atom. The van der Waals surface area contributed by atoms with Gasteiger partial charge in [-0.15, -0.1) is 0 Å². The highest BCUT2D eigenvalue weighted by molar-refractivity contribution is 6.31. The third kappa shape index (κ3) is 4.03. The molecule has 2 aliphatic heterocycles. The van der Waals surface area contributed by atoms with Crippen LogP contribution in [0.4, 0.5) is 4.39 Å². The Kier molecular flexibility index (Phi) is 5.51. The molecule has 2 atom stereocenters. The summed E-state index contributed by atoms with van der Waals surface area (Å²) in [4.78, 5) is 14.5. The fourth-order valence-electron chi connectivity index (χ4n) is 3.42. The first-order chi connectivity index (χ1) is 11.1.